The van der Waals surface area contributed by atoms with Crippen LogP contribution in [0.1, 0.15) is 68.0 Å². The molecule has 1 aliphatic carbocycles. The molecule has 0 radical (unpaired) electrons. The zero-order valence-corrected chi connectivity index (χ0v) is 12.3. The summed E-state index contributed by atoms with van der Waals surface area (Å²) >= 11 is 0. The predicted octanol–water partition coefficient (Wildman–Crippen LogP) is 2.56. The maximum absolute atomic E-state index is 11.6. The van der Waals surface area contributed by atoms with E-state index in [-0.39, 0.29) is 18.0 Å². The Balaban J connectivity index is 1.79. The molecule has 6 heteroatoms. The Bertz CT molecular complexity index is 488. The van der Waals surface area contributed by atoms with E-state index in [0.717, 1.165) is 51.5 Å². The first-order valence-corrected chi connectivity index (χ1v) is 7.96. The van der Waals surface area contributed by atoms with Gasteiger partial charge in [0.05, 0.1) is 12.3 Å². The summed E-state index contributed by atoms with van der Waals surface area (Å²) in [4.78, 5) is 11.6. The highest BCUT2D eigenvalue weighted by molar-refractivity contribution is 5.88. The van der Waals surface area contributed by atoms with Crippen LogP contribution < -0.4 is 10.1 Å². The Morgan fingerprint density at radius 2 is 2.00 bits per heavy atom. The van der Waals surface area contributed by atoms with E-state index in [1.807, 2.05) is 0 Å². The number of hydrogen-bond donors (Lipinski definition) is 2. The molecule has 1 saturated heterocycles. The van der Waals surface area contributed by atoms with Gasteiger partial charge in [0.2, 0.25) is 0 Å². The molecule has 1 aromatic heterocycles. The molecule has 2 N–H and O–H groups in total. The van der Waals surface area contributed by atoms with Crippen molar-refractivity contribution in [3.05, 3.63) is 11.9 Å². The number of hydrogen-bond acceptors (Lipinski definition) is 4. The number of rotatable bonds is 4. The van der Waals surface area contributed by atoms with E-state index < -0.39 is 5.97 Å². The van der Waals surface area contributed by atoms with E-state index in [9.17, 15) is 9.90 Å². The van der Waals surface area contributed by atoms with Crippen molar-refractivity contribution in [1.29, 1.82) is 0 Å². The molecule has 0 aromatic carbocycles. The average Bonchev–Trinajstić information content (AvgIpc) is 2.93. The van der Waals surface area contributed by atoms with Crippen molar-refractivity contribution in [3.8, 4) is 5.75 Å². The summed E-state index contributed by atoms with van der Waals surface area (Å²) in [6.07, 6.45) is 10.4. The van der Waals surface area contributed by atoms with Gasteiger partial charge in [-0.15, -0.1) is 0 Å². The Morgan fingerprint density at radius 1 is 1.24 bits per heavy atom. The van der Waals surface area contributed by atoms with Crippen LogP contribution in [0.15, 0.2) is 6.20 Å². The van der Waals surface area contributed by atoms with Gasteiger partial charge in [0, 0.05) is 0 Å². The molecular weight excluding hydrogens is 270 g/mol. The predicted molar refractivity (Wildman–Crippen MR) is 77.6 cm³/mol. The van der Waals surface area contributed by atoms with Gasteiger partial charge in [-0.1, -0.05) is 6.42 Å². The second-order valence-corrected chi connectivity index (χ2v) is 5.95. The molecule has 6 nitrogen and oxygen atoms in total. The second-order valence-electron chi connectivity index (χ2n) is 5.95. The number of nitrogens with one attached hydrogen (secondary N) is 1. The van der Waals surface area contributed by atoms with Crippen LogP contribution in [0.25, 0.3) is 0 Å². The van der Waals surface area contributed by atoms with Crippen LogP contribution >= 0.6 is 0 Å². The molecule has 2 heterocycles. The summed E-state index contributed by atoms with van der Waals surface area (Å²) in [6, 6.07) is 0. The Morgan fingerprint density at radius 3 is 2.67 bits per heavy atom. The Kier molecular flexibility index (Phi) is 4.43. The van der Waals surface area contributed by atoms with Gasteiger partial charge in [0.25, 0.3) is 0 Å². The molecule has 0 amide bonds. The largest absolute Gasteiger partial charge is 0.486 e. The minimum atomic E-state index is -0.967. The normalized spacial score (nSPS) is 23.9. The van der Waals surface area contributed by atoms with Crippen molar-refractivity contribution in [3.63, 3.8) is 0 Å². The first-order valence-electron chi connectivity index (χ1n) is 7.96. The maximum atomic E-state index is 11.6. The van der Waals surface area contributed by atoms with Crippen LogP contribution in [0, 0.1) is 0 Å². The molecule has 1 atom stereocenters. The van der Waals surface area contributed by atoms with Crippen molar-refractivity contribution in [2.45, 2.75) is 63.6 Å². The van der Waals surface area contributed by atoms with Crippen LogP contribution in [0.4, 0.5) is 0 Å². The molecule has 1 aromatic rings. The fraction of sp³-hybridized carbons (Fsp3) is 0.733. The molecule has 2 aliphatic rings. The van der Waals surface area contributed by atoms with Crippen LogP contribution in [0.5, 0.6) is 5.75 Å². The summed E-state index contributed by atoms with van der Waals surface area (Å²) in [6.45, 7) is 0.905. The molecule has 0 spiro atoms. The monoisotopic (exact) mass is 293 g/mol. The van der Waals surface area contributed by atoms with Crippen molar-refractivity contribution in [2.75, 3.05) is 6.54 Å². The van der Waals surface area contributed by atoms with E-state index >= 15 is 0 Å². The quantitative estimate of drug-likeness (QED) is 0.892. The molecule has 1 saturated carbocycles. The van der Waals surface area contributed by atoms with Gasteiger partial charge in [-0.3, -0.25) is 5.32 Å². The lowest BCUT2D eigenvalue weighted by Gasteiger charge is -2.25. The second kappa shape index (κ2) is 6.47. The third kappa shape index (κ3) is 3.20. The van der Waals surface area contributed by atoms with Gasteiger partial charge >= 0.3 is 5.97 Å². The summed E-state index contributed by atoms with van der Waals surface area (Å²) in [7, 11) is 0. The number of aromatic carboxylic acids is 1. The fourth-order valence-corrected chi connectivity index (χ4v) is 3.28. The van der Waals surface area contributed by atoms with Gasteiger partial charge in [-0.25, -0.2) is 9.48 Å². The van der Waals surface area contributed by atoms with E-state index in [1.165, 1.54) is 6.42 Å². The molecule has 1 unspecified atom stereocenters. The smallest absolute Gasteiger partial charge is 0.358 e. The molecule has 1 aliphatic heterocycles. The van der Waals surface area contributed by atoms with E-state index in [4.69, 9.17) is 4.74 Å². The highest BCUT2D eigenvalue weighted by Gasteiger charge is 2.27. The summed E-state index contributed by atoms with van der Waals surface area (Å²) in [5, 5.41) is 17.1. The number of piperidine rings is 1. The van der Waals surface area contributed by atoms with Crippen LogP contribution in [-0.4, -0.2) is 33.5 Å². The Hall–Kier alpha value is -1.56. The number of ether oxygens (including phenoxy) is 1. The van der Waals surface area contributed by atoms with Gasteiger partial charge in [-0.2, -0.15) is 5.10 Å². The molecule has 116 valence electrons. The maximum Gasteiger partial charge on any atom is 0.358 e. The highest BCUT2D eigenvalue weighted by Crippen LogP contribution is 2.28. The molecule has 3 rings (SSSR count). The summed E-state index contributed by atoms with van der Waals surface area (Å²) in [5.41, 5.74) is 0.181. The standard InChI is InChI=1S/C15H23N3O3/c19-15(20)14-12(21-11-6-2-1-3-7-11)10-17-18(14)13-8-4-5-9-16-13/h10-11,13,16H,1-9H2,(H,19,20). The highest BCUT2D eigenvalue weighted by atomic mass is 16.5. The topological polar surface area (TPSA) is 76.4 Å². The number of aromatic nitrogens is 2. The van der Waals surface area contributed by atoms with E-state index in [1.54, 1.807) is 10.9 Å². The number of carbonyl (C=O) groups is 1. The van der Waals surface area contributed by atoms with Crippen LogP contribution in [0.3, 0.4) is 0 Å². The third-order valence-corrected chi connectivity index (χ3v) is 4.39. The lowest BCUT2D eigenvalue weighted by atomic mass is 9.98. The van der Waals surface area contributed by atoms with Gasteiger partial charge in [0.1, 0.15) is 6.17 Å². The first kappa shape index (κ1) is 14.4. The van der Waals surface area contributed by atoms with E-state index in [0.29, 0.717) is 5.75 Å². The van der Waals surface area contributed by atoms with Gasteiger partial charge < -0.3 is 9.84 Å². The van der Waals surface area contributed by atoms with Gasteiger partial charge in [-0.05, 0) is 51.5 Å². The van der Waals surface area contributed by atoms with Gasteiger partial charge in [0.15, 0.2) is 11.4 Å². The zero-order valence-electron chi connectivity index (χ0n) is 12.3. The minimum absolute atomic E-state index is 0.0337. The fourth-order valence-electron chi connectivity index (χ4n) is 3.28. The molecule has 2 fully saturated rings. The zero-order chi connectivity index (χ0) is 14.7. The minimum Gasteiger partial charge on any atom is -0.486 e. The lowest BCUT2D eigenvalue weighted by molar-refractivity contribution is 0.0664. The molecular formula is C15H23N3O3. The SMILES string of the molecule is O=C(O)c1c(OC2CCCCC2)cnn1C1CCCCN1. The number of carboxylic acid groups (broad SMARTS) is 1. The van der Waals surface area contributed by atoms with Crippen molar-refractivity contribution >= 4 is 5.97 Å². The van der Waals surface area contributed by atoms with Crippen molar-refractivity contribution in [1.82, 2.24) is 15.1 Å². The molecule has 0 bridgehead atoms. The van der Waals surface area contributed by atoms with Crippen LogP contribution in [-0.2, 0) is 0 Å². The third-order valence-electron chi connectivity index (χ3n) is 4.39. The van der Waals surface area contributed by atoms with Crippen LogP contribution in [0.2, 0.25) is 0 Å². The van der Waals surface area contributed by atoms with Crippen molar-refractivity contribution in [2.24, 2.45) is 0 Å². The molecule has 21 heavy (non-hydrogen) atoms. The van der Waals surface area contributed by atoms with E-state index in [2.05, 4.69) is 10.4 Å². The summed E-state index contributed by atoms with van der Waals surface area (Å²) in [5.74, 6) is -0.549. The average molecular weight is 293 g/mol. The van der Waals surface area contributed by atoms with Crippen molar-refractivity contribution < 1.29 is 14.6 Å². The summed E-state index contributed by atoms with van der Waals surface area (Å²) < 4.78 is 7.51. The first-order chi connectivity index (χ1) is 10.3. The Labute approximate surface area is 124 Å². The number of carboxylic acids is 1. The number of nitrogens with zero attached hydrogens (tertiary/aromatic N) is 2. The lowest BCUT2D eigenvalue weighted by Crippen LogP contribution is -2.33.